The lowest BCUT2D eigenvalue weighted by Crippen LogP contribution is -2.75. The molecule has 0 spiro atoms. The normalized spacial score (nSPS) is 26.8. The maximum Gasteiger partial charge on any atom is 0.262 e. The molecule has 0 aliphatic carbocycles. The minimum atomic E-state index is -0.961. The third kappa shape index (κ3) is 2.94. The molecule has 8 heteroatoms. The van der Waals surface area contributed by atoms with Gasteiger partial charge in [-0.15, -0.1) is 0 Å². The molecule has 0 N–H and O–H groups in total. The molecule has 0 saturated carbocycles. The van der Waals surface area contributed by atoms with Crippen LogP contribution in [0, 0.1) is 0 Å². The van der Waals surface area contributed by atoms with Crippen molar-refractivity contribution in [3.63, 3.8) is 0 Å². The number of rotatable bonds is 4. The summed E-state index contributed by atoms with van der Waals surface area (Å²) < 4.78 is 17.0. The number of amides is 3. The van der Waals surface area contributed by atoms with Crippen molar-refractivity contribution in [1.82, 2.24) is 4.90 Å². The van der Waals surface area contributed by atoms with E-state index in [-0.39, 0.29) is 12.5 Å². The SMILES string of the molecule is COc1ccc(N2C(=O)[C@@H](N3C(=O)c4ccccc4C3=O)[C@H]2[C@@H]2COC(C)(C)O2)cc1. The zero-order chi connectivity index (χ0) is 21.9. The lowest BCUT2D eigenvalue weighted by Gasteiger charge is -2.51. The molecule has 2 fully saturated rings. The Morgan fingerprint density at radius 1 is 0.935 bits per heavy atom. The van der Waals surface area contributed by atoms with Crippen molar-refractivity contribution < 1.29 is 28.6 Å². The number of ether oxygens (including phenoxy) is 3. The van der Waals surface area contributed by atoms with E-state index in [4.69, 9.17) is 14.2 Å². The van der Waals surface area contributed by atoms with Crippen LogP contribution in [-0.4, -0.2) is 60.3 Å². The molecule has 31 heavy (non-hydrogen) atoms. The number of anilines is 1. The molecule has 2 saturated heterocycles. The molecule has 3 amide bonds. The Morgan fingerprint density at radius 3 is 2.06 bits per heavy atom. The summed E-state index contributed by atoms with van der Waals surface area (Å²) >= 11 is 0. The topological polar surface area (TPSA) is 85.4 Å². The van der Waals surface area contributed by atoms with Gasteiger partial charge in [0.05, 0.1) is 30.9 Å². The predicted molar refractivity (Wildman–Crippen MR) is 110 cm³/mol. The molecular formula is C23H22N2O6. The number of hydrogen-bond acceptors (Lipinski definition) is 6. The summed E-state index contributed by atoms with van der Waals surface area (Å²) in [4.78, 5) is 42.1. The molecule has 2 aromatic rings. The summed E-state index contributed by atoms with van der Waals surface area (Å²) in [5.74, 6) is -1.42. The summed E-state index contributed by atoms with van der Waals surface area (Å²) in [6.45, 7) is 3.84. The molecular weight excluding hydrogens is 400 g/mol. The highest BCUT2D eigenvalue weighted by Crippen LogP contribution is 2.41. The van der Waals surface area contributed by atoms with Crippen LogP contribution in [0.15, 0.2) is 48.5 Å². The molecule has 0 bridgehead atoms. The summed E-state index contributed by atoms with van der Waals surface area (Å²) in [6, 6.07) is 12.1. The van der Waals surface area contributed by atoms with Crippen molar-refractivity contribution >= 4 is 23.4 Å². The molecule has 160 valence electrons. The van der Waals surface area contributed by atoms with E-state index in [0.29, 0.717) is 22.6 Å². The molecule has 0 aromatic heterocycles. The molecule has 8 nitrogen and oxygen atoms in total. The third-order valence-electron chi connectivity index (χ3n) is 5.98. The van der Waals surface area contributed by atoms with E-state index < -0.39 is 35.8 Å². The second-order valence-electron chi connectivity index (χ2n) is 8.23. The number of imide groups is 1. The Kier molecular flexibility index (Phi) is 4.39. The van der Waals surface area contributed by atoms with Crippen LogP contribution in [0.1, 0.15) is 34.6 Å². The summed E-state index contributed by atoms with van der Waals surface area (Å²) in [5, 5.41) is 0. The van der Waals surface area contributed by atoms with Gasteiger partial charge in [0.2, 0.25) is 0 Å². The van der Waals surface area contributed by atoms with Crippen molar-refractivity contribution in [3.8, 4) is 5.75 Å². The molecule has 0 unspecified atom stereocenters. The molecule has 3 aliphatic rings. The van der Waals surface area contributed by atoms with Gasteiger partial charge in [-0.1, -0.05) is 12.1 Å². The quantitative estimate of drug-likeness (QED) is 0.555. The van der Waals surface area contributed by atoms with E-state index >= 15 is 0 Å². The Morgan fingerprint density at radius 2 is 1.55 bits per heavy atom. The predicted octanol–water partition coefficient (Wildman–Crippen LogP) is 2.23. The number of methoxy groups -OCH3 is 1. The number of benzene rings is 2. The lowest BCUT2D eigenvalue weighted by atomic mass is 9.87. The Labute approximate surface area is 179 Å². The van der Waals surface area contributed by atoms with Crippen LogP contribution in [0.25, 0.3) is 0 Å². The van der Waals surface area contributed by atoms with Gasteiger partial charge in [-0.2, -0.15) is 0 Å². The van der Waals surface area contributed by atoms with E-state index in [0.717, 1.165) is 4.90 Å². The minimum absolute atomic E-state index is 0.247. The first kappa shape index (κ1) is 19.7. The van der Waals surface area contributed by atoms with E-state index in [1.54, 1.807) is 74.4 Å². The highest BCUT2D eigenvalue weighted by atomic mass is 16.7. The van der Waals surface area contributed by atoms with Crippen LogP contribution in [0.4, 0.5) is 5.69 Å². The Hall–Kier alpha value is -3.23. The van der Waals surface area contributed by atoms with Gasteiger partial charge in [0.25, 0.3) is 17.7 Å². The second-order valence-corrected chi connectivity index (χ2v) is 8.23. The van der Waals surface area contributed by atoms with Gasteiger partial charge in [-0.3, -0.25) is 19.3 Å². The largest absolute Gasteiger partial charge is 0.497 e. The lowest BCUT2D eigenvalue weighted by molar-refractivity contribution is -0.152. The molecule has 3 heterocycles. The Bertz CT molecular complexity index is 1040. The summed E-state index contributed by atoms with van der Waals surface area (Å²) in [5.41, 5.74) is 1.26. The first-order valence-corrected chi connectivity index (χ1v) is 10.1. The van der Waals surface area contributed by atoms with Crippen LogP contribution in [0.3, 0.4) is 0 Å². The van der Waals surface area contributed by atoms with Gasteiger partial charge in [0, 0.05) is 5.69 Å². The molecule has 5 rings (SSSR count). The highest BCUT2D eigenvalue weighted by Gasteiger charge is 2.61. The maximum absolute atomic E-state index is 13.3. The summed E-state index contributed by atoms with van der Waals surface area (Å²) in [6.07, 6.45) is -0.496. The number of carbonyl (C=O) groups excluding carboxylic acids is 3. The first-order chi connectivity index (χ1) is 14.8. The van der Waals surface area contributed by atoms with Crippen LogP contribution >= 0.6 is 0 Å². The van der Waals surface area contributed by atoms with Crippen LogP contribution < -0.4 is 9.64 Å². The molecule has 0 radical (unpaired) electrons. The highest BCUT2D eigenvalue weighted by molar-refractivity contribution is 6.24. The zero-order valence-corrected chi connectivity index (χ0v) is 17.4. The van der Waals surface area contributed by atoms with Crippen molar-refractivity contribution in [2.75, 3.05) is 18.6 Å². The monoisotopic (exact) mass is 422 g/mol. The van der Waals surface area contributed by atoms with E-state index in [1.807, 2.05) is 0 Å². The number of fused-ring (bicyclic) bond motifs is 1. The van der Waals surface area contributed by atoms with Crippen LogP contribution in [0.5, 0.6) is 5.75 Å². The number of β-lactam (4-membered cyclic amide) rings is 1. The molecule has 2 aromatic carbocycles. The van der Waals surface area contributed by atoms with Crippen molar-refractivity contribution in [2.24, 2.45) is 0 Å². The number of nitrogens with zero attached hydrogens (tertiary/aromatic N) is 2. The summed E-state index contributed by atoms with van der Waals surface area (Å²) in [7, 11) is 1.57. The minimum Gasteiger partial charge on any atom is -0.497 e. The van der Waals surface area contributed by atoms with Crippen LogP contribution in [0.2, 0.25) is 0 Å². The van der Waals surface area contributed by atoms with Gasteiger partial charge >= 0.3 is 0 Å². The average molecular weight is 422 g/mol. The average Bonchev–Trinajstić information content (AvgIpc) is 3.24. The first-order valence-electron chi connectivity index (χ1n) is 10.1. The van der Waals surface area contributed by atoms with Crippen molar-refractivity contribution in [1.29, 1.82) is 0 Å². The molecule has 3 aliphatic heterocycles. The fourth-order valence-corrected chi connectivity index (χ4v) is 4.51. The maximum atomic E-state index is 13.3. The van der Waals surface area contributed by atoms with Gasteiger partial charge in [-0.05, 0) is 50.2 Å². The van der Waals surface area contributed by atoms with Crippen molar-refractivity contribution in [2.45, 2.75) is 37.8 Å². The van der Waals surface area contributed by atoms with Crippen LogP contribution in [-0.2, 0) is 14.3 Å². The van der Waals surface area contributed by atoms with E-state index in [2.05, 4.69) is 0 Å². The number of hydrogen-bond donors (Lipinski definition) is 0. The third-order valence-corrected chi connectivity index (χ3v) is 5.98. The van der Waals surface area contributed by atoms with Gasteiger partial charge in [-0.25, -0.2) is 0 Å². The van der Waals surface area contributed by atoms with Gasteiger partial charge < -0.3 is 19.1 Å². The standard InChI is InChI=1S/C23H22N2O6/c1-23(2)30-12-17(31-23)18-19(22(28)24(18)13-8-10-14(29-3)11-9-13)25-20(26)15-6-4-5-7-16(15)21(25)27/h4-11,17-19H,12H2,1-3H3/t17-,18+,19-/m0/s1. The van der Waals surface area contributed by atoms with E-state index in [1.165, 1.54) is 0 Å². The number of carbonyl (C=O) groups is 3. The second kappa shape index (κ2) is 6.90. The van der Waals surface area contributed by atoms with E-state index in [9.17, 15) is 14.4 Å². The molecule has 3 atom stereocenters. The fourth-order valence-electron chi connectivity index (χ4n) is 4.51. The smallest absolute Gasteiger partial charge is 0.262 e. The fraction of sp³-hybridized carbons (Fsp3) is 0.348. The zero-order valence-electron chi connectivity index (χ0n) is 17.4. The van der Waals surface area contributed by atoms with Gasteiger partial charge in [0.15, 0.2) is 5.79 Å². The van der Waals surface area contributed by atoms with Gasteiger partial charge in [0.1, 0.15) is 17.9 Å². The van der Waals surface area contributed by atoms with Crippen molar-refractivity contribution in [3.05, 3.63) is 59.7 Å². The Balaban J connectivity index is 1.52.